The Labute approximate surface area is 246 Å². The maximum absolute atomic E-state index is 14.3. The van der Waals surface area contributed by atoms with Crippen LogP contribution in [0.2, 0.25) is 0 Å². The highest BCUT2D eigenvalue weighted by Gasteiger charge is 2.73. The minimum Gasteiger partial charge on any atom is -0.457 e. The Balaban J connectivity index is 1.12. The van der Waals surface area contributed by atoms with E-state index in [2.05, 4.69) is 10.6 Å². The molecule has 5 aliphatic rings. The predicted octanol–water partition coefficient (Wildman–Crippen LogP) is 5.35. The molecule has 2 bridgehead atoms. The number of fused-ring (bicyclic) bond motifs is 1. The van der Waals surface area contributed by atoms with Gasteiger partial charge in [0.05, 0.1) is 17.9 Å². The van der Waals surface area contributed by atoms with E-state index in [9.17, 15) is 14.4 Å². The molecule has 2 aromatic rings. The largest absolute Gasteiger partial charge is 0.457 e. The van der Waals surface area contributed by atoms with E-state index < -0.39 is 29.6 Å². The van der Waals surface area contributed by atoms with Gasteiger partial charge in [-0.1, -0.05) is 68.9 Å². The lowest BCUT2D eigenvalue weighted by Gasteiger charge is -2.39. The average Bonchev–Trinajstić information content (AvgIpc) is 3.67. The number of likely N-dealkylation sites (tertiary alicyclic amines) is 1. The number of nitrogens with zero attached hydrogens (tertiary/aromatic N) is 1. The van der Waals surface area contributed by atoms with Crippen molar-refractivity contribution in [2.45, 2.75) is 94.0 Å². The summed E-state index contributed by atoms with van der Waals surface area (Å²) in [4.78, 5) is 44.0. The van der Waals surface area contributed by atoms with Crippen LogP contribution >= 0.6 is 0 Å². The number of nitrogens with one attached hydrogen (secondary N) is 2. The van der Waals surface area contributed by atoms with E-state index >= 15 is 0 Å². The summed E-state index contributed by atoms with van der Waals surface area (Å²) in [6.07, 6.45) is 13.6. The molecule has 2 N–H and O–H groups in total. The number of ether oxygens (including phenoxy) is 2. The van der Waals surface area contributed by atoms with Crippen molar-refractivity contribution in [3.8, 4) is 11.5 Å². The molecule has 4 fully saturated rings. The van der Waals surface area contributed by atoms with Crippen LogP contribution < -0.4 is 15.4 Å². The van der Waals surface area contributed by atoms with Crippen LogP contribution in [0.15, 0.2) is 66.7 Å². The van der Waals surface area contributed by atoms with E-state index in [0.29, 0.717) is 11.4 Å². The van der Waals surface area contributed by atoms with Gasteiger partial charge in [-0.25, -0.2) is 0 Å². The molecule has 0 aromatic heterocycles. The Morgan fingerprint density at radius 2 is 1.50 bits per heavy atom. The van der Waals surface area contributed by atoms with Gasteiger partial charge in [-0.05, 0) is 62.1 Å². The first-order valence-corrected chi connectivity index (χ1v) is 15.7. The average molecular weight is 570 g/mol. The third-order valence-electron chi connectivity index (χ3n) is 9.88. The number of carbonyl (C=O) groups excluding carboxylic acids is 3. The lowest BCUT2D eigenvalue weighted by atomic mass is 9.74. The molecule has 42 heavy (non-hydrogen) atoms. The minimum absolute atomic E-state index is 0.00903. The zero-order chi connectivity index (χ0) is 28.7. The van der Waals surface area contributed by atoms with Crippen molar-refractivity contribution in [2.75, 3.05) is 5.32 Å². The van der Waals surface area contributed by atoms with Crippen molar-refractivity contribution < 1.29 is 23.9 Å². The Hall–Kier alpha value is -3.65. The molecule has 0 radical (unpaired) electrons. The maximum Gasteiger partial charge on any atom is 0.246 e. The first-order valence-electron chi connectivity index (χ1n) is 15.7. The number of rotatable bonds is 7. The molecule has 2 aliphatic carbocycles. The Kier molecular flexibility index (Phi) is 7.26. The van der Waals surface area contributed by atoms with Crippen molar-refractivity contribution in [3.63, 3.8) is 0 Å². The molecule has 5 atom stereocenters. The molecule has 0 unspecified atom stereocenters. The molecular weight excluding hydrogens is 530 g/mol. The van der Waals surface area contributed by atoms with Crippen LogP contribution in [-0.2, 0) is 19.1 Å². The van der Waals surface area contributed by atoms with E-state index in [1.807, 2.05) is 47.4 Å². The van der Waals surface area contributed by atoms with E-state index in [0.717, 1.165) is 63.5 Å². The van der Waals surface area contributed by atoms with Crippen LogP contribution in [0.25, 0.3) is 0 Å². The monoisotopic (exact) mass is 569 g/mol. The molecule has 1 spiro atoms. The van der Waals surface area contributed by atoms with Crippen molar-refractivity contribution in [1.29, 1.82) is 0 Å². The van der Waals surface area contributed by atoms with Gasteiger partial charge in [0.15, 0.2) is 0 Å². The normalized spacial score (nSPS) is 30.8. The third-order valence-corrected chi connectivity index (χ3v) is 9.88. The van der Waals surface area contributed by atoms with Gasteiger partial charge >= 0.3 is 0 Å². The summed E-state index contributed by atoms with van der Waals surface area (Å²) in [6, 6.07) is 16.1. The fourth-order valence-electron chi connectivity index (χ4n) is 7.94. The van der Waals surface area contributed by atoms with E-state index in [4.69, 9.17) is 9.47 Å². The summed E-state index contributed by atoms with van der Waals surface area (Å²) < 4.78 is 12.4. The van der Waals surface area contributed by atoms with Gasteiger partial charge in [-0.3, -0.25) is 14.4 Å². The van der Waals surface area contributed by atoms with Gasteiger partial charge in [-0.15, -0.1) is 0 Å². The molecule has 3 amide bonds. The fraction of sp³-hybridized carbons (Fsp3) is 0.500. The van der Waals surface area contributed by atoms with Crippen molar-refractivity contribution in [1.82, 2.24) is 10.2 Å². The second kappa shape index (κ2) is 11.2. The minimum atomic E-state index is -1.12. The molecule has 3 aliphatic heterocycles. The van der Waals surface area contributed by atoms with Crippen LogP contribution in [0.5, 0.6) is 11.5 Å². The van der Waals surface area contributed by atoms with Gasteiger partial charge in [0.1, 0.15) is 23.1 Å². The molecule has 220 valence electrons. The summed E-state index contributed by atoms with van der Waals surface area (Å²) in [5.74, 6) is -0.565. The lowest BCUT2D eigenvalue weighted by Crippen LogP contribution is -2.58. The Morgan fingerprint density at radius 3 is 2.21 bits per heavy atom. The second-order valence-electron chi connectivity index (χ2n) is 12.5. The van der Waals surface area contributed by atoms with Gasteiger partial charge in [0, 0.05) is 17.8 Å². The summed E-state index contributed by atoms with van der Waals surface area (Å²) in [6.45, 7) is 0. The van der Waals surface area contributed by atoms with Crippen LogP contribution in [-0.4, -0.2) is 52.5 Å². The predicted molar refractivity (Wildman–Crippen MR) is 158 cm³/mol. The quantitative estimate of drug-likeness (QED) is 0.439. The van der Waals surface area contributed by atoms with Crippen molar-refractivity contribution >= 4 is 23.4 Å². The van der Waals surface area contributed by atoms with Crippen LogP contribution in [0.3, 0.4) is 0 Å². The first kappa shape index (κ1) is 27.2. The number of carbonyl (C=O) groups is 3. The summed E-state index contributed by atoms with van der Waals surface area (Å²) in [5, 5.41) is 6.30. The van der Waals surface area contributed by atoms with E-state index in [1.165, 1.54) is 6.42 Å². The van der Waals surface area contributed by atoms with Gasteiger partial charge in [0.25, 0.3) is 0 Å². The molecule has 8 heteroatoms. The highest BCUT2D eigenvalue weighted by molar-refractivity contribution is 6.03. The molecule has 2 saturated carbocycles. The number of para-hydroxylation sites is 1. The SMILES string of the molecule is O=C(Nc1ccc(Oc2ccccc2)cc1)[C@H]1[C@H]2C=C[C@]3(O2)[C@H](C(=O)NC2CCCCC2)N(C2CCCCC2)C(=O)[C@@H]13. The van der Waals surface area contributed by atoms with E-state index in [1.54, 1.807) is 24.3 Å². The topological polar surface area (TPSA) is 97.0 Å². The number of benzene rings is 2. The van der Waals surface area contributed by atoms with E-state index in [-0.39, 0.29) is 29.8 Å². The standard InChI is InChI=1S/C34H39N3O5/c38-31(35-23-16-18-26(19-17-23)41-25-14-8-3-9-15-25)28-27-20-21-34(42-27)29(28)33(40)37(24-12-6-2-7-13-24)30(34)32(39)36-22-10-4-1-5-11-22/h3,8-9,14-22,24,27-30H,1-2,4-7,10-13H2,(H,35,38)(H,36,39)/t27-,28+,29-,30+,34-/m1/s1. The van der Waals surface area contributed by atoms with Crippen LogP contribution in [0.4, 0.5) is 5.69 Å². The zero-order valence-corrected chi connectivity index (χ0v) is 23.9. The Morgan fingerprint density at radius 1 is 0.833 bits per heavy atom. The van der Waals surface area contributed by atoms with Crippen LogP contribution in [0.1, 0.15) is 64.2 Å². The fourth-order valence-corrected chi connectivity index (χ4v) is 7.94. The smallest absolute Gasteiger partial charge is 0.246 e. The van der Waals surface area contributed by atoms with Gasteiger partial charge < -0.3 is 25.0 Å². The molecule has 7 rings (SSSR count). The molecule has 2 saturated heterocycles. The number of hydrogen-bond acceptors (Lipinski definition) is 5. The van der Waals surface area contributed by atoms with Crippen LogP contribution in [0, 0.1) is 11.8 Å². The van der Waals surface area contributed by atoms with Crippen molar-refractivity contribution in [3.05, 3.63) is 66.7 Å². The molecule has 8 nitrogen and oxygen atoms in total. The van der Waals surface area contributed by atoms with Gasteiger partial charge in [-0.2, -0.15) is 0 Å². The first-order chi connectivity index (χ1) is 20.5. The number of hydrogen-bond donors (Lipinski definition) is 2. The number of anilines is 1. The summed E-state index contributed by atoms with van der Waals surface area (Å²) in [7, 11) is 0. The highest BCUT2D eigenvalue weighted by atomic mass is 16.5. The maximum atomic E-state index is 14.3. The molecule has 2 aromatic carbocycles. The third kappa shape index (κ3) is 4.79. The van der Waals surface area contributed by atoms with Gasteiger partial charge in [0.2, 0.25) is 17.7 Å². The summed E-state index contributed by atoms with van der Waals surface area (Å²) in [5.41, 5.74) is -0.504. The molecular formula is C34H39N3O5. The number of amides is 3. The zero-order valence-electron chi connectivity index (χ0n) is 23.9. The highest BCUT2D eigenvalue weighted by Crippen LogP contribution is 2.56. The Bertz CT molecular complexity index is 1350. The lowest BCUT2D eigenvalue weighted by molar-refractivity contribution is -0.144. The second-order valence-corrected chi connectivity index (χ2v) is 12.5. The molecule has 3 heterocycles. The summed E-state index contributed by atoms with van der Waals surface area (Å²) >= 11 is 0. The van der Waals surface area contributed by atoms with Crippen molar-refractivity contribution in [2.24, 2.45) is 11.8 Å².